The Morgan fingerprint density at radius 1 is 1.10 bits per heavy atom. The summed E-state index contributed by atoms with van der Waals surface area (Å²) in [6.45, 7) is 0. The van der Waals surface area contributed by atoms with Crippen LogP contribution in [0.25, 0.3) is 10.9 Å². The number of nitrogens with zero attached hydrogens (tertiary/aromatic N) is 1. The Hall–Kier alpha value is -2.95. The highest BCUT2D eigenvalue weighted by Gasteiger charge is 2.30. The number of ketones is 1. The van der Waals surface area contributed by atoms with E-state index in [1.807, 2.05) is 0 Å². The first-order valence-corrected chi connectivity index (χ1v) is 6.39. The first-order chi connectivity index (χ1) is 10.2. The maximum atomic E-state index is 13.8. The molecule has 5 heteroatoms. The van der Waals surface area contributed by atoms with Crippen molar-refractivity contribution in [2.75, 3.05) is 0 Å². The lowest BCUT2D eigenvalue weighted by Crippen LogP contribution is -2.10. The molecule has 0 aliphatic carbocycles. The minimum Gasteiger partial charge on any atom is -0.494 e. The Morgan fingerprint density at radius 3 is 2.71 bits per heavy atom. The van der Waals surface area contributed by atoms with Crippen molar-refractivity contribution in [3.05, 3.63) is 59.4 Å². The van der Waals surface area contributed by atoms with Gasteiger partial charge in [-0.1, -0.05) is 24.3 Å². The van der Waals surface area contributed by atoms with E-state index < -0.39 is 5.82 Å². The molecule has 0 atom stereocenters. The molecule has 0 saturated heterocycles. The van der Waals surface area contributed by atoms with E-state index in [0.717, 1.165) is 0 Å². The molecule has 2 N–H and O–H groups in total. The Balaban J connectivity index is 2.00. The minimum absolute atomic E-state index is 0.130. The van der Waals surface area contributed by atoms with Crippen LogP contribution in [0.15, 0.2) is 47.5 Å². The van der Waals surface area contributed by atoms with Gasteiger partial charge in [-0.15, -0.1) is 0 Å². The number of para-hydroxylation sites is 2. The van der Waals surface area contributed by atoms with Crippen molar-refractivity contribution in [2.45, 2.75) is 0 Å². The van der Waals surface area contributed by atoms with Crippen LogP contribution in [0.2, 0.25) is 0 Å². The van der Waals surface area contributed by atoms with Gasteiger partial charge in [-0.25, -0.2) is 9.38 Å². The van der Waals surface area contributed by atoms with E-state index in [0.29, 0.717) is 16.6 Å². The van der Waals surface area contributed by atoms with E-state index in [-0.39, 0.29) is 28.5 Å². The quantitative estimate of drug-likeness (QED) is 0.718. The number of carbonyl (C=O) groups is 1. The van der Waals surface area contributed by atoms with Gasteiger partial charge in [0.05, 0.1) is 16.8 Å². The molecule has 4 nitrogen and oxygen atoms in total. The van der Waals surface area contributed by atoms with Crippen LogP contribution in [0.5, 0.6) is 5.88 Å². The molecule has 4 rings (SSSR count). The summed E-state index contributed by atoms with van der Waals surface area (Å²) in [7, 11) is 0. The van der Waals surface area contributed by atoms with Gasteiger partial charge in [0.25, 0.3) is 0 Å². The first-order valence-electron chi connectivity index (χ1n) is 6.39. The number of aromatic nitrogens is 1. The average molecular weight is 280 g/mol. The average Bonchev–Trinajstić information content (AvgIpc) is 2.98. The minimum atomic E-state index is -0.488. The SMILES string of the molecule is O=C1C(c2c(O)[nH]c3c(F)cccc23)=Nc2ccccc21. The largest absolute Gasteiger partial charge is 0.494 e. The molecule has 1 aliphatic heterocycles. The number of nitrogens with one attached hydrogen (secondary N) is 1. The molecule has 0 bridgehead atoms. The number of hydrogen-bond acceptors (Lipinski definition) is 3. The van der Waals surface area contributed by atoms with E-state index in [1.54, 1.807) is 30.3 Å². The molecule has 21 heavy (non-hydrogen) atoms. The molecule has 2 heterocycles. The predicted molar refractivity (Wildman–Crippen MR) is 76.9 cm³/mol. The first kappa shape index (κ1) is 11.8. The van der Waals surface area contributed by atoms with Gasteiger partial charge in [0.2, 0.25) is 5.78 Å². The number of H-pyrrole nitrogens is 1. The molecule has 0 fully saturated rings. The van der Waals surface area contributed by atoms with Crippen LogP contribution < -0.4 is 0 Å². The van der Waals surface area contributed by atoms with Crippen LogP contribution in [0, 0.1) is 5.82 Å². The van der Waals surface area contributed by atoms with Crippen molar-refractivity contribution < 1.29 is 14.3 Å². The van der Waals surface area contributed by atoms with Crippen molar-refractivity contribution in [2.24, 2.45) is 4.99 Å². The number of rotatable bonds is 1. The zero-order valence-electron chi connectivity index (χ0n) is 10.7. The zero-order valence-corrected chi connectivity index (χ0v) is 10.7. The fourth-order valence-corrected chi connectivity index (χ4v) is 2.64. The normalized spacial score (nSPS) is 13.6. The lowest BCUT2D eigenvalue weighted by molar-refractivity contribution is 0.107. The number of Topliss-reactive ketones (excluding diaryl/α,β-unsaturated/α-hetero) is 1. The van der Waals surface area contributed by atoms with Gasteiger partial charge in [0.15, 0.2) is 5.88 Å². The molecule has 0 radical (unpaired) electrons. The fourth-order valence-electron chi connectivity index (χ4n) is 2.64. The second-order valence-electron chi connectivity index (χ2n) is 4.82. The summed E-state index contributed by atoms with van der Waals surface area (Å²) in [5.41, 5.74) is 1.58. The molecule has 1 aliphatic rings. The number of benzene rings is 2. The highest BCUT2D eigenvalue weighted by Crippen LogP contribution is 2.35. The molecule has 3 aromatic rings. The van der Waals surface area contributed by atoms with Crippen LogP contribution in [-0.2, 0) is 0 Å². The van der Waals surface area contributed by atoms with E-state index in [9.17, 15) is 14.3 Å². The van der Waals surface area contributed by atoms with Gasteiger partial charge >= 0.3 is 0 Å². The molecule has 0 spiro atoms. The number of hydrogen-bond donors (Lipinski definition) is 2. The number of aliphatic imine (C=N–C) groups is 1. The molecule has 2 aromatic carbocycles. The monoisotopic (exact) mass is 280 g/mol. The number of carbonyl (C=O) groups excluding carboxylic acids is 1. The second-order valence-corrected chi connectivity index (χ2v) is 4.82. The van der Waals surface area contributed by atoms with Crippen molar-refractivity contribution in [1.29, 1.82) is 0 Å². The maximum absolute atomic E-state index is 13.8. The lowest BCUT2D eigenvalue weighted by Gasteiger charge is -1.98. The Morgan fingerprint density at radius 2 is 1.90 bits per heavy atom. The van der Waals surface area contributed by atoms with Crippen molar-refractivity contribution in [3.63, 3.8) is 0 Å². The molecular formula is C16H9FN2O2. The lowest BCUT2D eigenvalue weighted by atomic mass is 10.0. The molecule has 0 amide bonds. The summed E-state index contributed by atoms with van der Waals surface area (Å²) < 4.78 is 13.8. The third-order valence-corrected chi connectivity index (χ3v) is 3.60. The van der Waals surface area contributed by atoms with Gasteiger partial charge in [-0.3, -0.25) is 4.79 Å². The summed E-state index contributed by atoms with van der Waals surface area (Å²) in [6, 6.07) is 11.4. The van der Waals surface area contributed by atoms with Gasteiger partial charge < -0.3 is 10.1 Å². The van der Waals surface area contributed by atoms with E-state index in [4.69, 9.17) is 0 Å². The van der Waals surface area contributed by atoms with Crippen LogP contribution in [0.1, 0.15) is 15.9 Å². The number of aromatic amines is 1. The summed E-state index contributed by atoms with van der Waals surface area (Å²) in [5.74, 6) is -1.02. The molecule has 1 aromatic heterocycles. The predicted octanol–water partition coefficient (Wildman–Crippen LogP) is 3.33. The van der Waals surface area contributed by atoms with Gasteiger partial charge in [0.1, 0.15) is 11.5 Å². The van der Waals surface area contributed by atoms with Gasteiger partial charge in [-0.05, 0) is 18.2 Å². The summed E-state index contributed by atoms with van der Waals surface area (Å²) in [5, 5.41) is 10.5. The molecule has 0 saturated carbocycles. The summed E-state index contributed by atoms with van der Waals surface area (Å²) >= 11 is 0. The van der Waals surface area contributed by atoms with Crippen molar-refractivity contribution in [1.82, 2.24) is 4.98 Å². The van der Waals surface area contributed by atoms with Gasteiger partial charge in [-0.2, -0.15) is 0 Å². The van der Waals surface area contributed by atoms with E-state index in [1.165, 1.54) is 12.1 Å². The third-order valence-electron chi connectivity index (χ3n) is 3.60. The standard InChI is InChI=1S/C16H9FN2O2/c17-10-6-3-5-9-12(16(21)19-13(9)10)14-15(20)8-4-1-2-7-11(8)18-14/h1-7,19,21H. The molecule has 0 unspecified atom stereocenters. The second kappa shape index (κ2) is 4.02. The summed E-state index contributed by atoms with van der Waals surface area (Å²) in [6.07, 6.45) is 0. The smallest absolute Gasteiger partial charge is 0.214 e. The number of fused-ring (bicyclic) bond motifs is 2. The Kier molecular flexibility index (Phi) is 2.27. The molecule has 102 valence electrons. The van der Waals surface area contributed by atoms with Crippen LogP contribution in [0.4, 0.5) is 10.1 Å². The Labute approximate surface area is 118 Å². The maximum Gasteiger partial charge on any atom is 0.214 e. The van der Waals surface area contributed by atoms with Crippen LogP contribution in [-0.4, -0.2) is 21.6 Å². The number of halogens is 1. The zero-order chi connectivity index (χ0) is 14.6. The van der Waals surface area contributed by atoms with Gasteiger partial charge in [0, 0.05) is 10.9 Å². The van der Waals surface area contributed by atoms with Crippen molar-refractivity contribution >= 4 is 28.1 Å². The van der Waals surface area contributed by atoms with Crippen molar-refractivity contribution in [3.8, 4) is 5.88 Å². The molecular weight excluding hydrogens is 271 g/mol. The van der Waals surface area contributed by atoms with Crippen LogP contribution in [0.3, 0.4) is 0 Å². The fraction of sp³-hybridized carbons (Fsp3) is 0. The third kappa shape index (κ3) is 1.54. The highest BCUT2D eigenvalue weighted by atomic mass is 19.1. The topological polar surface area (TPSA) is 65.4 Å². The highest BCUT2D eigenvalue weighted by molar-refractivity contribution is 6.56. The summed E-state index contributed by atoms with van der Waals surface area (Å²) in [4.78, 5) is 19.3. The Bertz CT molecular complexity index is 941. The van der Waals surface area contributed by atoms with E-state index >= 15 is 0 Å². The van der Waals surface area contributed by atoms with E-state index in [2.05, 4.69) is 9.98 Å². The number of aromatic hydroxyl groups is 1. The van der Waals surface area contributed by atoms with Crippen LogP contribution >= 0.6 is 0 Å².